The molecule has 3 aromatic rings. The van der Waals surface area contributed by atoms with Crippen LogP contribution in [-0.2, 0) is 14.3 Å². The van der Waals surface area contributed by atoms with Crippen LogP contribution in [0.2, 0.25) is 0 Å². The first kappa shape index (κ1) is 20.7. The van der Waals surface area contributed by atoms with Gasteiger partial charge in [0.2, 0.25) is 0 Å². The van der Waals surface area contributed by atoms with Crippen molar-refractivity contribution in [2.75, 3.05) is 19.0 Å². The molecular formula is C22H19NO7. The largest absolute Gasteiger partial charge is 0.507 e. The SMILES string of the molecule is COC(=O)c1ccc(C)c(NC(=O)COC(=O)c2cc(O)c3ccccc3c2O)c1. The standard InChI is InChI=1S/C22H19NO7/c1-12-7-8-13(21(27)29-2)9-17(12)23-19(25)11-30-22(28)16-10-18(24)14-5-3-4-6-15(14)20(16)26/h3-10,24,26H,11H2,1-2H3,(H,23,25). The summed E-state index contributed by atoms with van der Waals surface area (Å²) < 4.78 is 9.62. The Morgan fingerprint density at radius 3 is 2.37 bits per heavy atom. The number of amides is 1. The van der Waals surface area contributed by atoms with Gasteiger partial charge in [-0.1, -0.05) is 30.3 Å². The van der Waals surface area contributed by atoms with Gasteiger partial charge in [0.15, 0.2) is 6.61 Å². The van der Waals surface area contributed by atoms with Crippen LogP contribution in [0.15, 0.2) is 48.5 Å². The zero-order valence-corrected chi connectivity index (χ0v) is 16.3. The molecule has 0 spiro atoms. The van der Waals surface area contributed by atoms with Crippen LogP contribution in [0.4, 0.5) is 5.69 Å². The average molecular weight is 409 g/mol. The number of phenolic OH excluding ortho intramolecular Hbond substituents is 2. The van der Waals surface area contributed by atoms with Gasteiger partial charge < -0.3 is 25.0 Å². The van der Waals surface area contributed by atoms with Crippen LogP contribution in [0.25, 0.3) is 10.8 Å². The summed E-state index contributed by atoms with van der Waals surface area (Å²) in [6.07, 6.45) is 0. The lowest BCUT2D eigenvalue weighted by Gasteiger charge is -2.12. The van der Waals surface area contributed by atoms with E-state index in [9.17, 15) is 24.6 Å². The summed E-state index contributed by atoms with van der Waals surface area (Å²) in [5.74, 6) is -2.71. The number of fused-ring (bicyclic) bond motifs is 1. The van der Waals surface area contributed by atoms with Gasteiger partial charge >= 0.3 is 11.9 Å². The second-order valence-corrected chi connectivity index (χ2v) is 6.48. The van der Waals surface area contributed by atoms with Gasteiger partial charge in [0.1, 0.15) is 17.1 Å². The van der Waals surface area contributed by atoms with E-state index in [0.29, 0.717) is 16.6 Å². The van der Waals surface area contributed by atoms with Crippen LogP contribution in [0.1, 0.15) is 26.3 Å². The Balaban J connectivity index is 1.71. The minimum Gasteiger partial charge on any atom is -0.507 e. The fourth-order valence-electron chi connectivity index (χ4n) is 2.89. The van der Waals surface area contributed by atoms with Crippen LogP contribution < -0.4 is 5.32 Å². The molecule has 3 aromatic carbocycles. The third kappa shape index (κ3) is 4.17. The number of nitrogens with one attached hydrogen (secondary N) is 1. The molecular weight excluding hydrogens is 390 g/mol. The van der Waals surface area contributed by atoms with Crippen LogP contribution in [-0.4, -0.2) is 41.8 Å². The van der Waals surface area contributed by atoms with Crippen LogP contribution >= 0.6 is 0 Å². The number of carbonyl (C=O) groups is 3. The van der Waals surface area contributed by atoms with Crippen LogP contribution in [0.5, 0.6) is 11.5 Å². The first-order valence-electron chi connectivity index (χ1n) is 8.91. The number of aromatic hydroxyl groups is 2. The molecule has 0 unspecified atom stereocenters. The number of ether oxygens (including phenoxy) is 2. The molecule has 0 bridgehead atoms. The number of carbonyl (C=O) groups excluding carboxylic acids is 3. The van der Waals surface area contributed by atoms with Crippen molar-refractivity contribution in [3.63, 3.8) is 0 Å². The molecule has 3 rings (SSSR count). The average Bonchev–Trinajstić information content (AvgIpc) is 2.75. The maximum absolute atomic E-state index is 12.3. The summed E-state index contributed by atoms with van der Waals surface area (Å²) in [5, 5.41) is 23.6. The number of anilines is 1. The molecule has 3 N–H and O–H groups in total. The number of benzene rings is 3. The second kappa shape index (κ2) is 8.52. The van der Waals surface area contributed by atoms with Gasteiger partial charge in [0.05, 0.1) is 12.7 Å². The van der Waals surface area contributed by atoms with E-state index in [-0.39, 0.29) is 28.0 Å². The number of aryl methyl sites for hydroxylation is 1. The van der Waals surface area contributed by atoms with E-state index in [1.807, 2.05) is 0 Å². The fourth-order valence-corrected chi connectivity index (χ4v) is 2.89. The Morgan fingerprint density at radius 1 is 0.967 bits per heavy atom. The number of rotatable bonds is 5. The van der Waals surface area contributed by atoms with E-state index in [1.54, 1.807) is 43.3 Å². The lowest BCUT2D eigenvalue weighted by molar-refractivity contribution is -0.119. The van der Waals surface area contributed by atoms with Crippen molar-refractivity contribution in [2.45, 2.75) is 6.92 Å². The number of phenols is 2. The molecule has 0 saturated heterocycles. The summed E-state index contributed by atoms with van der Waals surface area (Å²) in [4.78, 5) is 36.2. The van der Waals surface area contributed by atoms with Gasteiger partial charge in [-0.15, -0.1) is 0 Å². The third-order valence-corrected chi connectivity index (χ3v) is 4.48. The zero-order valence-electron chi connectivity index (χ0n) is 16.3. The quantitative estimate of drug-likeness (QED) is 0.437. The molecule has 0 heterocycles. The molecule has 0 aliphatic rings. The Kier molecular flexibility index (Phi) is 5.87. The highest BCUT2D eigenvalue weighted by Gasteiger charge is 2.19. The normalized spacial score (nSPS) is 10.5. The molecule has 0 aromatic heterocycles. The smallest absolute Gasteiger partial charge is 0.342 e. The van der Waals surface area contributed by atoms with Crippen LogP contribution in [0.3, 0.4) is 0 Å². The molecule has 0 saturated carbocycles. The van der Waals surface area contributed by atoms with Crippen molar-refractivity contribution < 1.29 is 34.1 Å². The fraction of sp³-hybridized carbons (Fsp3) is 0.136. The first-order valence-corrected chi connectivity index (χ1v) is 8.91. The minimum atomic E-state index is -0.969. The van der Waals surface area contributed by atoms with Gasteiger partial charge in [-0.25, -0.2) is 9.59 Å². The lowest BCUT2D eigenvalue weighted by atomic mass is 10.0. The maximum atomic E-state index is 12.3. The van der Waals surface area contributed by atoms with Gasteiger partial charge in [-0.2, -0.15) is 0 Å². The van der Waals surface area contributed by atoms with E-state index in [4.69, 9.17) is 4.74 Å². The van der Waals surface area contributed by atoms with E-state index in [0.717, 1.165) is 6.07 Å². The highest BCUT2D eigenvalue weighted by molar-refractivity contribution is 6.04. The van der Waals surface area contributed by atoms with E-state index in [2.05, 4.69) is 10.1 Å². The van der Waals surface area contributed by atoms with Crippen molar-refractivity contribution in [3.8, 4) is 11.5 Å². The summed E-state index contributed by atoms with van der Waals surface area (Å²) in [6.45, 7) is 1.10. The van der Waals surface area contributed by atoms with Gasteiger partial charge in [-0.05, 0) is 30.7 Å². The number of hydrogen-bond acceptors (Lipinski definition) is 7. The molecule has 0 atom stereocenters. The summed E-state index contributed by atoms with van der Waals surface area (Å²) in [7, 11) is 1.25. The molecule has 1 amide bonds. The second-order valence-electron chi connectivity index (χ2n) is 6.48. The maximum Gasteiger partial charge on any atom is 0.342 e. The van der Waals surface area contributed by atoms with Crippen molar-refractivity contribution >= 4 is 34.3 Å². The Hall–Kier alpha value is -4.07. The highest BCUT2D eigenvalue weighted by atomic mass is 16.5. The molecule has 0 aliphatic heterocycles. The number of methoxy groups -OCH3 is 1. The highest BCUT2D eigenvalue weighted by Crippen LogP contribution is 2.35. The van der Waals surface area contributed by atoms with Gasteiger partial charge in [0.25, 0.3) is 5.91 Å². The molecule has 0 radical (unpaired) electrons. The summed E-state index contributed by atoms with van der Waals surface area (Å²) in [5.41, 5.74) is 1.05. The third-order valence-electron chi connectivity index (χ3n) is 4.48. The van der Waals surface area contributed by atoms with Crippen molar-refractivity contribution in [2.24, 2.45) is 0 Å². The van der Waals surface area contributed by atoms with E-state index in [1.165, 1.54) is 13.2 Å². The lowest BCUT2D eigenvalue weighted by Crippen LogP contribution is -2.21. The molecule has 154 valence electrons. The Bertz CT molecular complexity index is 1150. The Labute approximate surface area is 171 Å². The van der Waals surface area contributed by atoms with Gasteiger partial charge in [-0.3, -0.25) is 4.79 Å². The minimum absolute atomic E-state index is 0.199. The molecule has 8 heteroatoms. The van der Waals surface area contributed by atoms with Gasteiger partial charge in [0, 0.05) is 16.5 Å². The van der Waals surface area contributed by atoms with E-state index < -0.39 is 24.5 Å². The predicted molar refractivity (Wildman–Crippen MR) is 109 cm³/mol. The van der Waals surface area contributed by atoms with Crippen molar-refractivity contribution in [1.29, 1.82) is 0 Å². The number of esters is 2. The zero-order chi connectivity index (χ0) is 21.8. The van der Waals surface area contributed by atoms with Crippen LogP contribution in [0, 0.1) is 6.92 Å². The van der Waals surface area contributed by atoms with Crippen molar-refractivity contribution in [3.05, 3.63) is 65.2 Å². The summed E-state index contributed by atoms with van der Waals surface area (Å²) in [6, 6.07) is 12.2. The molecule has 30 heavy (non-hydrogen) atoms. The first-order chi connectivity index (χ1) is 14.3. The number of hydrogen-bond donors (Lipinski definition) is 3. The van der Waals surface area contributed by atoms with Crippen molar-refractivity contribution in [1.82, 2.24) is 0 Å². The monoisotopic (exact) mass is 409 g/mol. The predicted octanol–water partition coefficient (Wildman–Crippen LogP) is 3.14. The molecule has 0 aliphatic carbocycles. The topological polar surface area (TPSA) is 122 Å². The molecule has 0 fully saturated rings. The molecule has 8 nitrogen and oxygen atoms in total. The van der Waals surface area contributed by atoms with E-state index >= 15 is 0 Å². The Morgan fingerprint density at radius 2 is 1.67 bits per heavy atom. The summed E-state index contributed by atoms with van der Waals surface area (Å²) >= 11 is 0.